The van der Waals surface area contributed by atoms with E-state index in [1.165, 1.54) is 38.6 Å². The third-order valence-corrected chi connectivity index (χ3v) is 3.15. The number of unbranched alkanes of at least 4 members (excludes halogenated alkanes) is 3. The fourth-order valence-electron chi connectivity index (χ4n) is 1.88. The summed E-state index contributed by atoms with van der Waals surface area (Å²) in [5, 5.41) is 12.1. The smallest absolute Gasteiger partial charge is 0.0431 e. The van der Waals surface area contributed by atoms with Gasteiger partial charge in [0.1, 0.15) is 0 Å². The number of hydrogen-bond acceptors (Lipinski definition) is 2. The molecule has 0 saturated heterocycles. The maximum absolute atomic E-state index is 8.59. The third-order valence-electron chi connectivity index (χ3n) is 3.15. The summed E-state index contributed by atoms with van der Waals surface area (Å²) in [6, 6.07) is 0. The predicted octanol–water partition coefficient (Wildman–Crippen LogP) is 2.17. The topological polar surface area (TPSA) is 32.3 Å². The molecule has 1 atom stereocenters. The minimum absolute atomic E-state index is 0.353. The molecule has 2 nitrogen and oxygen atoms in total. The van der Waals surface area contributed by atoms with Gasteiger partial charge in [0.25, 0.3) is 0 Å². The van der Waals surface area contributed by atoms with Gasteiger partial charge in [-0.2, -0.15) is 0 Å². The molecular weight excluding hydrogens is 174 g/mol. The average molecular weight is 199 g/mol. The van der Waals surface area contributed by atoms with Crippen LogP contribution >= 0.6 is 0 Å². The van der Waals surface area contributed by atoms with Crippen molar-refractivity contribution in [2.24, 2.45) is 11.8 Å². The van der Waals surface area contributed by atoms with Crippen LogP contribution in [0.3, 0.4) is 0 Å². The molecule has 1 unspecified atom stereocenters. The molecule has 1 rings (SSSR count). The average Bonchev–Trinajstić information content (AvgIpc) is 2.99. The van der Waals surface area contributed by atoms with E-state index >= 15 is 0 Å². The molecule has 0 amide bonds. The summed E-state index contributed by atoms with van der Waals surface area (Å²) in [5.41, 5.74) is 0. The summed E-state index contributed by atoms with van der Waals surface area (Å²) in [4.78, 5) is 0. The zero-order valence-corrected chi connectivity index (χ0v) is 9.47. The van der Waals surface area contributed by atoms with E-state index in [9.17, 15) is 0 Å². The van der Waals surface area contributed by atoms with Crippen molar-refractivity contribution in [3.8, 4) is 0 Å². The summed E-state index contributed by atoms with van der Waals surface area (Å²) in [6.07, 6.45) is 7.58. The summed E-state index contributed by atoms with van der Waals surface area (Å²) in [5.74, 6) is 1.91. The lowest BCUT2D eigenvalue weighted by Crippen LogP contribution is -2.23. The molecule has 14 heavy (non-hydrogen) atoms. The zero-order chi connectivity index (χ0) is 10.2. The minimum Gasteiger partial charge on any atom is -0.396 e. The van der Waals surface area contributed by atoms with Crippen LogP contribution < -0.4 is 5.32 Å². The predicted molar refractivity (Wildman–Crippen MR) is 60.3 cm³/mol. The van der Waals surface area contributed by atoms with E-state index in [4.69, 9.17) is 5.11 Å². The second kappa shape index (κ2) is 7.24. The fraction of sp³-hybridized carbons (Fsp3) is 1.00. The van der Waals surface area contributed by atoms with Crippen LogP contribution in [-0.2, 0) is 0 Å². The van der Waals surface area contributed by atoms with E-state index in [2.05, 4.69) is 12.2 Å². The molecule has 0 radical (unpaired) electrons. The largest absolute Gasteiger partial charge is 0.396 e. The van der Waals surface area contributed by atoms with Gasteiger partial charge < -0.3 is 10.4 Å². The van der Waals surface area contributed by atoms with Crippen LogP contribution in [0.1, 0.15) is 45.4 Å². The van der Waals surface area contributed by atoms with Gasteiger partial charge in [-0.25, -0.2) is 0 Å². The molecule has 0 aliphatic heterocycles. The van der Waals surface area contributed by atoms with E-state index in [0.717, 1.165) is 24.8 Å². The Bertz CT molecular complexity index is 134. The number of aliphatic hydroxyl groups is 1. The van der Waals surface area contributed by atoms with Gasteiger partial charge in [0, 0.05) is 6.61 Å². The molecule has 1 aliphatic carbocycles. The maximum atomic E-state index is 8.59. The molecule has 0 spiro atoms. The molecule has 0 aromatic rings. The Hall–Kier alpha value is -0.0800. The molecular formula is C12H25NO. The van der Waals surface area contributed by atoms with Crippen LogP contribution in [0.4, 0.5) is 0 Å². The van der Waals surface area contributed by atoms with Crippen molar-refractivity contribution in [1.29, 1.82) is 0 Å². The molecule has 84 valence electrons. The van der Waals surface area contributed by atoms with Gasteiger partial charge in [-0.1, -0.05) is 19.8 Å². The van der Waals surface area contributed by atoms with Crippen molar-refractivity contribution in [2.75, 3.05) is 19.7 Å². The molecule has 0 aromatic carbocycles. The highest BCUT2D eigenvalue weighted by Gasteiger charge is 2.27. The standard InChI is InChI=1S/C12H25NO/c1-11(12-6-7-12)10-13-8-4-2-3-5-9-14/h11-14H,2-10H2,1H3. The Morgan fingerprint density at radius 2 is 1.93 bits per heavy atom. The van der Waals surface area contributed by atoms with Gasteiger partial charge in [-0.05, 0) is 50.6 Å². The van der Waals surface area contributed by atoms with Crippen LogP contribution in [0, 0.1) is 11.8 Å². The first-order chi connectivity index (χ1) is 6.84. The van der Waals surface area contributed by atoms with Crippen LogP contribution in [0.5, 0.6) is 0 Å². The van der Waals surface area contributed by atoms with Crippen molar-refractivity contribution in [3.05, 3.63) is 0 Å². The molecule has 0 bridgehead atoms. The molecule has 0 aromatic heterocycles. The highest BCUT2D eigenvalue weighted by molar-refractivity contribution is 4.79. The molecule has 1 aliphatic rings. The summed E-state index contributed by atoms with van der Waals surface area (Å²) in [6.45, 7) is 5.07. The molecule has 2 N–H and O–H groups in total. The highest BCUT2D eigenvalue weighted by Crippen LogP contribution is 2.35. The van der Waals surface area contributed by atoms with Gasteiger partial charge >= 0.3 is 0 Å². The number of rotatable bonds is 9. The normalized spacial score (nSPS) is 18.4. The Labute approximate surface area is 88.1 Å². The van der Waals surface area contributed by atoms with E-state index in [0.29, 0.717) is 6.61 Å². The number of aliphatic hydroxyl groups excluding tert-OH is 1. The Morgan fingerprint density at radius 1 is 1.21 bits per heavy atom. The maximum Gasteiger partial charge on any atom is 0.0431 e. The first-order valence-electron chi connectivity index (χ1n) is 6.16. The van der Waals surface area contributed by atoms with Gasteiger partial charge in [-0.15, -0.1) is 0 Å². The van der Waals surface area contributed by atoms with Crippen molar-refractivity contribution in [3.63, 3.8) is 0 Å². The van der Waals surface area contributed by atoms with Crippen LogP contribution in [0.2, 0.25) is 0 Å². The van der Waals surface area contributed by atoms with Crippen LogP contribution in [0.25, 0.3) is 0 Å². The molecule has 2 heteroatoms. The van der Waals surface area contributed by atoms with Crippen molar-refractivity contribution < 1.29 is 5.11 Å². The van der Waals surface area contributed by atoms with Gasteiger partial charge in [0.05, 0.1) is 0 Å². The molecule has 1 fully saturated rings. The van der Waals surface area contributed by atoms with Crippen molar-refractivity contribution >= 4 is 0 Å². The highest BCUT2D eigenvalue weighted by atomic mass is 16.2. The Kier molecular flexibility index (Phi) is 6.20. The van der Waals surface area contributed by atoms with E-state index in [-0.39, 0.29) is 0 Å². The Balaban J connectivity index is 1.75. The van der Waals surface area contributed by atoms with Crippen molar-refractivity contribution in [1.82, 2.24) is 5.32 Å². The lowest BCUT2D eigenvalue weighted by Gasteiger charge is -2.10. The summed E-state index contributed by atoms with van der Waals surface area (Å²) < 4.78 is 0. The fourth-order valence-corrected chi connectivity index (χ4v) is 1.88. The summed E-state index contributed by atoms with van der Waals surface area (Å²) in [7, 11) is 0. The second-order valence-corrected chi connectivity index (χ2v) is 4.66. The molecule has 1 saturated carbocycles. The van der Waals surface area contributed by atoms with Gasteiger partial charge in [0.15, 0.2) is 0 Å². The van der Waals surface area contributed by atoms with Gasteiger partial charge in [-0.3, -0.25) is 0 Å². The first-order valence-corrected chi connectivity index (χ1v) is 6.16. The zero-order valence-electron chi connectivity index (χ0n) is 9.47. The second-order valence-electron chi connectivity index (χ2n) is 4.66. The van der Waals surface area contributed by atoms with E-state index in [1.807, 2.05) is 0 Å². The van der Waals surface area contributed by atoms with Crippen molar-refractivity contribution in [2.45, 2.75) is 45.4 Å². The lowest BCUT2D eigenvalue weighted by molar-refractivity contribution is 0.282. The van der Waals surface area contributed by atoms with Gasteiger partial charge in [0.2, 0.25) is 0 Å². The number of nitrogens with one attached hydrogen (secondary N) is 1. The number of hydrogen-bond donors (Lipinski definition) is 2. The van der Waals surface area contributed by atoms with E-state index < -0.39 is 0 Å². The first kappa shape index (κ1) is 12.0. The lowest BCUT2D eigenvalue weighted by atomic mass is 10.1. The monoisotopic (exact) mass is 199 g/mol. The van der Waals surface area contributed by atoms with Crippen LogP contribution in [-0.4, -0.2) is 24.8 Å². The van der Waals surface area contributed by atoms with Crippen LogP contribution in [0.15, 0.2) is 0 Å². The third kappa shape index (κ3) is 5.61. The minimum atomic E-state index is 0.353. The SMILES string of the molecule is CC(CNCCCCCCO)C1CC1. The van der Waals surface area contributed by atoms with E-state index in [1.54, 1.807) is 0 Å². The quantitative estimate of drug-likeness (QED) is 0.558. The molecule has 0 heterocycles. The summed E-state index contributed by atoms with van der Waals surface area (Å²) >= 11 is 0. The Morgan fingerprint density at radius 3 is 2.57 bits per heavy atom.